The molecule has 1 aromatic carbocycles. The Morgan fingerprint density at radius 1 is 1.23 bits per heavy atom. The molecule has 1 amide bonds. The molecule has 8 atom stereocenters. The van der Waals surface area contributed by atoms with Gasteiger partial charge in [0.15, 0.2) is 12.5 Å². The molecule has 0 radical (unpaired) electrons. The van der Waals surface area contributed by atoms with Gasteiger partial charge in [-0.25, -0.2) is 4.39 Å². The number of benzene rings is 1. The standard InChI is InChI=1S/C20H30FNO8/c1-2-13(24)17(26)12(22-15(25)8-11-6-4-3-5-7-11)10-29-20-19(28)18(27)16(21)14(9-23)30-20/h3-7,12-14,16-20,23-24,26-28H,2,8-10H2,1H3,(H,22,25)/t12-,13+,14?,16-,17-,18?,19-,20-/m0/s1. The van der Waals surface area contributed by atoms with Crippen LogP contribution in [0.15, 0.2) is 30.3 Å². The Balaban J connectivity index is 2.03. The van der Waals surface area contributed by atoms with Gasteiger partial charge >= 0.3 is 0 Å². The van der Waals surface area contributed by atoms with Gasteiger partial charge in [0.05, 0.1) is 31.8 Å². The van der Waals surface area contributed by atoms with Gasteiger partial charge in [-0.1, -0.05) is 37.3 Å². The van der Waals surface area contributed by atoms with Crippen LogP contribution in [0.2, 0.25) is 0 Å². The summed E-state index contributed by atoms with van der Waals surface area (Å²) >= 11 is 0. The van der Waals surface area contributed by atoms with Crippen LogP contribution in [0.25, 0.3) is 0 Å². The van der Waals surface area contributed by atoms with Crippen LogP contribution in [0, 0.1) is 0 Å². The number of hydrogen-bond acceptors (Lipinski definition) is 8. The number of nitrogens with one attached hydrogen (secondary N) is 1. The molecule has 1 heterocycles. The van der Waals surface area contributed by atoms with Crippen LogP contribution in [-0.4, -0.2) is 93.7 Å². The normalized spacial score (nSPS) is 29.8. The quantitative estimate of drug-likeness (QED) is 0.266. The van der Waals surface area contributed by atoms with E-state index >= 15 is 0 Å². The van der Waals surface area contributed by atoms with E-state index in [1.165, 1.54) is 0 Å². The van der Waals surface area contributed by atoms with Crippen molar-refractivity contribution in [2.24, 2.45) is 0 Å². The van der Waals surface area contributed by atoms with E-state index in [9.17, 15) is 29.6 Å². The Hall–Kier alpha value is -1.66. The van der Waals surface area contributed by atoms with Gasteiger partial charge in [-0.2, -0.15) is 0 Å². The second-order valence-corrected chi connectivity index (χ2v) is 7.29. The maximum absolute atomic E-state index is 13.8. The van der Waals surface area contributed by atoms with Crippen LogP contribution in [-0.2, 0) is 20.7 Å². The van der Waals surface area contributed by atoms with Crippen LogP contribution >= 0.6 is 0 Å². The van der Waals surface area contributed by atoms with E-state index in [0.29, 0.717) is 0 Å². The number of carbonyl (C=O) groups excluding carboxylic acids is 1. The Morgan fingerprint density at radius 3 is 2.50 bits per heavy atom. The molecule has 2 unspecified atom stereocenters. The fraction of sp³-hybridized carbons (Fsp3) is 0.650. The highest BCUT2D eigenvalue weighted by atomic mass is 19.1. The van der Waals surface area contributed by atoms with Gasteiger partial charge in [-0.05, 0) is 12.0 Å². The molecule has 30 heavy (non-hydrogen) atoms. The SMILES string of the molecule is CC[C@@H](O)[C@@H](O)[C@H](CO[C@H]1OC(CO)[C@H](F)C(O)[C@@H]1O)NC(=O)Cc1ccccc1. The Labute approximate surface area is 174 Å². The lowest BCUT2D eigenvalue weighted by Crippen LogP contribution is -2.59. The highest BCUT2D eigenvalue weighted by Gasteiger charge is 2.45. The summed E-state index contributed by atoms with van der Waals surface area (Å²) < 4.78 is 24.4. The summed E-state index contributed by atoms with van der Waals surface area (Å²) in [5.41, 5.74) is 0.745. The third kappa shape index (κ3) is 6.42. The van der Waals surface area contributed by atoms with Crippen molar-refractivity contribution in [2.75, 3.05) is 13.2 Å². The molecule has 1 aliphatic rings. The van der Waals surface area contributed by atoms with E-state index in [0.717, 1.165) is 5.56 Å². The van der Waals surface area contributed by atoms with Gasteiger partial charge in [0.1, 0.15) is 24.4 Å². The third-order valence-electron chi connectivity index (χ3n) is 5.02. The topological polar surface area (TPSA) is 149 Å². The summed E-state index contributed by atoms with van der Waals surface area (Å²) in [5, 5.41) is 51.9. The molecule has 0 spiro atoms. The summed E-state index contributed by atoms with van der Waals surface area (Å²) in [6.07, 6.45) is -10.8. The zero-order valence-electron chi connectivity index (χ0n) is 16.7. The van der Waals surface area contributed by atoms with Crippen LogP contribution < -0.4 is 5.32 Å². The van der Waals surface area contributed by atoms with Crippen molar-refractivity contribution < 1.29 is 44.2 Å². The number of aliphatic hydroxyl groups is 5. The summed E-state index contributed by atoms with van der Waals surface area (Å²) in [7, 11) is 0. The first-order valence-electron chi connectivity index (χ1n) is 9.86. The molecule has 1 aliphatic heterocycles. The lowest BCUT2D eigenvalue weighted by atomic mass is 10.0. The minimum absolute atomic E-state index is 0.0314. The van der Waals surface area contributed by atoms with E-state index in [4.69, 9.17) is 14.6 Å². The lowest BCUT2D eigenvalue weighted by Gasteiger charge is -2.39. The van der Waals surface area contributed by atoms with Crippen molar-refractivity contribution in [2.45, 2.75) is 68.8 Å². The number of halogens is 1. The van der Waals surface area contributed by atoms with Crippen molar-refractivity contribution >= 4 is 5.91 Å². The number of alkyl halides is 1. The van der Waals surface area contributed by atoms with Crippen molar-refractivity contribution in [3.05, 3.63) is 35.9 Å². The number of ether oxygens (including phenoxy) is 2. The van der Waals surface area contributed by atoms with Gasteiger partial charge in [-0.3, -0.25) is 4.79 Å². The molecule has 6 N–H and O–H groups in total. The second-order valence-electron chi connectivity index (χ2n) is 7.29. The Bertz CT molecular complexity index is 649. The first-order valence-corrected chi connectivity index (χ1v) is 9.86. The van der Waals surface area contributed by atoms with Crippen LogP contribution in [0.3, 0.4) is 0 Å². The van der Waals surface area contributed by atoms with Gasteiger partial charge < -0.3 is 40.3 Å². The Kier molecular flexibility index (Phi) is 9.56. The zero-order valence-corrected chi connectivity index (χ0v) is 16.7. The van der Waals surface area contributed by atoms with Crippen molar-refractivity contribution in [3.8, 4) is 0 Å². The van der Waals surface area contributed by atoms with Crippen LogP contribution in [0.5, 0.6) is 0 Å². The molecule has 10 heteroatoms. The highest BCUT2D eigenvalue weighted by Crippen LogP contribution is 2.24. The van der Waals surface area contributed by atoms with E-state index in [1.54, 1.807) is 31.2 Å². The number of carbonyl (C=O) groups is 1. The fourth-order valence-electron chi connectivity index (χ4n) is 3.15. The minimum Gasteiger partial charge on any atom is -0.394 e. The number of rotatable bonds is 10. The maximum Gasteiger partial charge on any atom is 0.224 e. The first kappa shape index (κ1) is 24.6. The van der Waals surface area contributed by atoms with Crippen LogP contribution in [0.4, 0.5) is 4.39 Å². The smallest absolute Gasteiger partial charge is 0.224 e. The molecule has 1 aromatic rings. The summed E-state index contributed by atoms with van der Waals surface area (Å²) in [4.78, 5) is 12.4. The average molecular weight is 431 g/mol. The largest absolute Gasteiger partial charge is 0.394 e. The summed E-state index contributed by atoms with van der Waals surface area (Å²) in [5.74, 6) is -0.431. The van der Waals surface area contributed by atoms with Crippen LogP contribution in [0.1, 0.15) is 18.9 Å². The molecular weight excluding hydrogens is 401 g/mol. The molecule has 0 aliphatic carbocycles. The maximum atomic E-state index is 13.8. The van der Waals surface area contributed by atoms with E-state index in [-0.39, 0.29) is 12.8 Å². The highest BCUT2D eigenvalue weighted by molar-refractivity contribution is 5.78. The predicted molar refractivity (Wildman–Crippen MR) is 103 cm³/mol. The third-order valence-corrected chi connectivity index (χ3v) is 5.02. The predicted octanol–water partition coefficient (Wildman–Crippen LogP) is -1.36. The fourth-order valence-corrected chi connectivity index (χ4v) is 3.15. The van der Waals surface area contributed by atoms with Gasteiger partial charge in [0, 0.05) is 0 Å². The van der Waals surface area contributed by atoms with E-state index < -0.39 is 68.1 Å². The van der Waals surface area contributed by atoms with E-state index in [2.05, 4.69) is 5.32 Å². The molecule has 9 nitrogen and oxygen atoms in total. The molecule has 0 aromatic heterocycles. The van der Waals surface area contributed by atoms with Crippen molar-refractivity contribution in [1.82, 2.24) is 5.32 Å². The monoisotopic (exact) mass is 431 g/mol. The average Bonchev–Trinajstić information content (AvgIpc) is 2.75. The lowest BCUT2D eigenvalue weighted by molar-refractivity contribution is -0.293. The molecule has 1 fully saturated rings. The van der Waals surface area contributed by atoms with Gasteiger partial charge in [0.25, 0.3) is 0 Å². The van der Waals surface area contributed by atoms with Crippen molar-refractivity contribution in [3.63, 3.8) is 0 Å². The van der Waals surface area contributed by atoms with E-state index in [1.807, 2.05) is 6.07 Å². The van der Waals surface area contributed by atoms with Crippen molar-refractivity contribution in [1.29, 1.82) is 0 Å². The molecule has 0 saturated carbocycles. The van der Waals surface area contributed by atoms with Gasteiger partial charge in [-0.15, -0.1) is 0 Å². The summed E-state index contributed by atoms with van der Waals surface area (Å²) in [6, 6.07) is 7.82. The second kappa shape index (κ2) is 11.7. The molecule has 0 bridgehead atoms. The molecule has 2 rings (SSSR count). The number of hydrogen-bond donors (Lipinski definition) is 6. The zero-order chi connectivity index (χ0) is 22.3. The minimum atomic E-state index is -2.00. The molecule has 1 saturated heterocycles. The molecule has 170 valence electrons. The first-order chi connectivity index (χ1) is 14.3. The number of amides is 1. The molecular formula is C20H30FNO8. The van der Waals surface area contributed by atoms with Gasteiger partial charge in [0.2, 0.25) is 5.91 Å². The Morgan fingerprint density at radius 2 is 1.90 bits per heavy atom. The summed E-state index contributed by atoms with van der Waals surface area (Å²) in [6.45, 7) is 0.511. The number of aliphatic hydroxyl groups excluding tert-OH is 5.